The second-order valence-corrected chi connectivity index (χ2v) is 7.61. The fourth-order valence-electron chi connectivity index (χ4n) is 2.48. The largest absolute Gasteiger partial charge is 0.301 e. The second-order valence-electron chi connectivity index (χ2n) is 5.20. The van der Waals surface area contributed by atoms with Gasteiger partial charge in [-0.25, -0.2) is 0 Å². The Morgan fingerprint density at radius 1 is 1.30 bits per heavy atom. The Kier molecular flexibility index (Phi) is 5.46. The molecule has 1 unspecified atom stereocenters. The first-order valence-electron chi connectivity index (χ1n) is 6.97. The predicted molar refractivity (Wildman–Crippen MR) is 86.5 cm³/mol. The smallest absolute Gasteiger partial charge is 0.271 e. The molecule has 0 aromatic heterocycles. The van der Waals surface area contributed by atoms with Gasteiger partial charge in [-0.15, -0.1) is 0 Å². The highest BCUT2D eigenvalue weighted by atomic mass is 79.9. The van der Waals surface area contributed by atoms with E-state index in [0.717, 1.165) is 31.0 Å². The van der Waals surface area contributed by atoms with Gasteiger partial charge in [-0.05, 0) is 43.9 Å². The van der Waals surface area contributed by atoms with Crippen LogP contribution in [0.4, 0.5) is 5.69 Å². The summed E-state index contributed by atoms with van der Waals surface area (Å²) in [5.74, 6) is 0. The van der Waals surface area contributed by atoms with Crippen LogP contribution in [0.3, 0.4) is 0 Å². The molecule has 1 aromatic rings. The van der Waals surface area contributed by atoms with Crippen molar-refractivity contribution in [3.05, 3.63) is 29.8 Å². The number of nitrogens with zero attached hydrogens (tertiary/aromatic N) is 1. The van der Waals surface area contributed by atoms with E-state index < -0.39 is 10.2 Å². The van der Waals surface area contributed by atoms with E-state index in [1.54, 1.807) is 4.31 Å². The first-order chi connectivity index (χ1) is 9.53. The van der Waals surface area contributed by atoms with Crippen LogP contribution in [0, 0.1) is 0 Å². The minimum Gasteiger partial charge on any atom is -0.271 e. The van der Waals surface area contributed by atoms with Gasteiger partial charge in [0.1, 0.15) is 0 Å². The molecular weight excluding hydrogens is 340 g/mol. The Labute approximate surface area is 129 Å². The van der Waals surface area contributed by atoms with Crippen LogP contribution in [-0.2, 0) is 16.6 Å². The van der Waals surface area contributed by atoms with E-state index in [2.05, 4.69) is 20.7 Å². The van der Waals surface area contributed by atoms with Gasteiger partial charge >= 0.3 is 10.2 Å². The number of benzene rings is 1. The molecule has 0 saturated carbocycles. The number of alkyl halides is 1. The maximum Gasteiger partial charge on any atom is 0.301 e. The lowest BCUT2D eigenvalue weighted by Crippen LogP contribution is -2.44. The molecule has 20 heavy (non-hydrogen) atoms. The van der Waals surface area contributed by atoms with Crippen molar-refractivity contribution < 1.29 is 8.42 Å². The molecule has 2 rings (SSSR count). The number of piperidine rings is 1. The maximum atomic E-state index is 12.4. The van der Waals surface area contributed by atoms with Crippen molar-refractivity contribution in [3.8, 4) is 0 Å². The van der Waals surface area contributed by atoms with Gasteiger partial charge in [-0.3, -0.25) is 4.72 Å². The molecule has 112 valence electrons. The number of halogens is 1. The Bertz CT molecular complexity index is 531. The van der Waals surface area contributed by atoms with Gasteiger partial charge in [0.05, 0.1) is 0 Å². The van der Waals surface area contributed by atoms with Crippen molar-refractivity contribution in [2.75, 3.05) is 16.6 Å². The number of hydrogen-bond donors (Lipinski definition) is 1. The Morgan fingerprint density at radius 2 is 2.00 bits per heavy atom. The highest BCUT2D eigenvalue weighted by Crippen LogP contribution is 2.22. The van der Waals surface area contributed by atoms with Crippen LogP contribution in [-0.4, -0.2) is 30.6 Å². The van der Waals surface area contributed by atoms with Crippen LogP contribution in [0.1, 0.15) is 31.7 Å². The summed E-state index contributed by atoms with van der Waals surface area (Å²) in [5, 5.41) is 0.906. The minimum absolute atomic E-state index is 0.0777. The number of aryl methyl sites for hydroxylation is 1. The van der Waals surface area contributed by atoms with Crippen LogP contribution >= 0.6 is 15.9 Å². The molecule has 1 aliphatic heterocycles. The van der Waals surface area contributed by atoms with Gasteiger partial charge < -0.3 is 0 Å². The summed E-state index contributed by atoms with van der Waals surface area (Å²) in [6.45, 7) is 2.58. The average molecular weight is 361 g/mol. The van der Waals surface area contributed by atoms with Crippen LogP contribution < -0.4 is 4.72 Å². The molecule has 0 bridgehead atoms. The summed E-state index contributed by atoms with van der Waals surface area (Å²) < 4.78 is 29.0. The summed E-state index contributed by atoms with van der Waals surface area (Å²) in [6, 6.07) is 7.64. The zero-order valence-corrected chi connectivity index (χ0v) is 14.1. The highest BCUT2D eigenvalue weighted by molar-refractivity contribution is 9.09. The van der Waals surface area contributed by atoms with E-state index in [9.17, 15) is 8.42 Å². The molecule has 0 spiro atoms. The van der Waals surface area contributed by atoms with Crippen LogP contribution in [0.15, 0.2) is 24.3 Å². The van der Waals surface area contributed by atoms with E-state index in [0.29, 0.717) is 12.2 Å². The molecule has 0 amide bonds. The lowest BCUT2D eigenvalue weighted by molar-refractivity contribution is 0.270. The number of nitrogens with one attached hydrogen (secondary N) is 1. The van der Waals surface area contributed by atoms with Crippen molar-refractivity contribution in [2.24, 2.45) is 0 Å². The molecular formula is C14H21BrN2O2S. The third kappa shape index (κ3) is 3.96. The molecule has 0 radical (unpaired) electrons. The first-order valence-corrected chi connectivity index (χ1v) is 9.53. The highest BCUT2D eigenvalue weighted by Gasteiger charge is 2.29. The maximum absolute atomic E-state index is 12.4. The van der Waals surface area contributed by atoms with Gasteiger partial charge in [-0.2, -0.15) is 12.7 Å². The quantitative estimate of drug-likeness (QED) is 0.819. The van der Waals surface area contributed by atoms with Crippen LogP contribution in [0.25, 0.3) is 0 Å². The monoisotopic (exact) mass is 360 g/mol. The fraction of sp³-hybridized carbons (Fsp3) is 0.571. The van der Waals surface area contributed by atoms with Crippen molar-refractivity contribution in [3.63, 3.8) is 0 Å². The number of hydrogen-bond acceptors (Lipinski definition) is 2. The van der Waals surface area contributed by atoms with E-state index in [1.165, 1.54) is 5.56 Å². The Hall–Kier alpha value is -0.590. The molecule has 1 heterocycles. The van der Waals surface area contributed by atoms with E-state index >= 15 is 0 Å². The van der Waals surface area contributed by atoms with E-state index in [4.69, 9.17) is 0 Å². The first kappa shape index (κ1) is 15.8. The predicted octanol–water partition coefficient (Wildman–Crippen LogP) is 3.16. The molecule has 6 heteroatoms. The standard InChI is InChI=1S/C14H21BrN2O2S/c1-12-4-2-3-11-17(12)20(18,19)16-14-7-5-13(6-8-14)9-10-15/h5-8,12,16H,2-4,9-11H2,1H3. The molecule has 1 atom stereocenters. The summed E-state index contributed by atoms with van der Waals surface area (Å²) in [5.41, 5.74) is 1.82. The fourth-order valence-corrected chi connectivity index (χ4v) is 4.44. The van der Waals surface area contributed by atoms with Crippen molar-refractivity contribution in [1.29, 1.82) is 0 Å². The van der Waals surface area contributed by atoms with Crippen molar-refractivity contribution in [1.82, 2.24) is 4.31 Å². The third-order valence-electron chi connectivity index (χ3n) is 3.63. The number of rotatable bonds is 5. The lowest BCUT2D eigenvalue weighted by atomic mass is 10.1. The van der Waals surface area contributed by atoms with E-state index in [-0.39, 0.29) is 6.04 Å². The molecule has 0 aliphatic carbocycles. The van der Waals surface area contributed by atoms with Gasteiger partial charge in [0, 0.05) is 23.6 Å². The second kappa shape index (κ2) is 6.91. The topological polar surface area (TPSA) is 49.4 Å². The molecule has 1 aliphatic rings. The summed E-state index contributed by atoms with van der Waals surface area (Å²) >= 11 is 3.39. The van der Waals surface area contributed by atoms with Gasteiger partial charge in [0.15, 0.2) is 0 Å². The van der Waals surface area contributed by atoms with Gasteiger partial charge in [-0.1, -0.05) is 34.5 Å². The van der Waals surface area contributed by atoms with Crippen LogP contribution in [0.5, 0.6) is 0 Å². The molecule has 1 saturated heterocycles. The van der Waals surface area contributed by atoms with Crippen molar-refractivity contribution in [2.45, 2.75) is 38.6 Å². The summed E-state index contributed by atoms with van der Waals surface area (Å²) in [7, 11) is -3.44. The molecule has 1 N–H and O–H groups in total. The van der Waals surface area contributed by atoms with Gasteiger partial charge in [0.2, 0.25) is 0 Å². The van der Waals surface area contributed by atoms with E-state index in [1.807, 2.05) is 31.2 Å². The number of anilines is 1. The average Bonchev–Trinajstić information content (AvgIpc) is 2.41. The Morgan fingerprint density at radius 3 is 2.60 bits per heavy atom. The zero-order valence-electron chi connectivity index (χ0n) is 11.7. The van der Waals surface area contributed by atoms with Gasteiger partial charge in [0.25, 0.3) is 0 Å². The SMILES string of the molecule is CC1CCCCN1S(=O)(=O)Nc1ccc(CCBr)cc1. The van der Waals surface area contributed by atoms with Crippen molar-refractivity contribution >= 4 is 31.8 Å². The summed E-state index contributed by atoms with van der Waals surface area (Å²) in [6.07, 6.45) is 3.92. The summed E-state index contributed by atoms with van der Waals surface area (Å²) in [4.78, 5) is 0. The van der Waals surface area contributed by atoms with Crippen LogP contribution in [0.2, 0.25) is 0 Å². The normalized spacial score (nSPS) is 20.8. The molecule has 1 aromatic carbocycles. The third-order valence-corrected chi connectivity index (χ3v) is 5.68. The Balaban J connectivity index is 2.07. The minimum atomic E-state index is -3.44. The zero-order chi connectivity index (χ0) is 14.6. The molecule has 1 fully saturated rings. The molecule has 4 nitrogen and oxygen atoms in total. The lowest BCUT2D eigenvalue weighted by Gasteiger charge is -2.32.